The monoisotopic (exact) mass is 309 g/mol. The molecule has 0 saturated carbocycles. The summed E-state index contributed by atoms with van der Waals surface area (Å²) in [4.78, 5) is 12.4. The van der Waals surface area contributed by atoms with Crippen molar-refractivity contribution in [3.63, 3.8) is 0 Å². The van der Waals surface area contributed by atoms with Gasteiger partial charge in [-0.1, -0.05) is 12.1 Å². The van der Waals surface area contributed by atoms with Crippen molar-refractivity contribution in [3.05, 3.63) is 28.7 Å². The van der Waals surface area contributed by atoms with Gasteiger partial charge in [-0.3, -0.25) is 4.79 Å². The van der Waals surface area contributed by atoms with Crippen LogP contribution in [0.2, 0.25) is 0 Å². The SMILES string of the molecule is CN(C)C(=O)C(F)(F)Sc1ccccc1Br. The van der Waals surface area contributed by atoms with E-state index in [9.17, 15) is 13.6 Å². The first-order valence-electron chi connectivity index (χ1n) is 4.37. The van der Waals surface area contributed by atoms with Gasteiger partial charge in [-0.15, -0.1) is 0 Å². The highest BCUT2D eigenvalue weighted by Gasteiger charge is 2.41. The highest BCUT2D eigenvalue weighted by Crippen LogP contribution is 2.40. The Balaban J connectivity index is 2.89. The quantitative estimate of drug-likeness (QED) is 0.799. The van der Waals surface area contributed by atoms with Crippen molar-refractivity contribution < 1.29 is 13.6 Å². The maximum atomic E-state index is 13.5. The summed E-state index contributed by atoms with van der Waals surface area (Å²) >= 11 is 3.39. The number of hydrogen-bond acceptors (Lipinski definition) is 2. The highest BCUT2D eigenvalue weighted by molar-refractivity contribution is 9.10. The number of hydrogen-bond donors (Lipinski definition) is 0. The minimum atomic E-state index is -3.45. The molecule has 0 radical (unpaired) electrons. The number of amides is 1. The lowest BCUT2D eigenvalue weighted by atomic mass is 10.4. The summed E-state index contributed by atoms with van der Waals surface area (Å²) in [5.41, 5.74) is 0. The van der Waals surface area contributed by atoms with Crippen LogP contribution in [0.1, 0.15) is 0 Å². The average Bonchev–Trinajstić information content (AvgIpc) is 2.20. The van der Waals surface area contributed by atoms with Crippen LogP contribution in [0.25, 0.3) is 0 Å². The van der Waals surface area contributed by atoms with Crippen molar-refractivity contribution in [1.29, 1.82) is 0 Å². The molecule has 6 heteroatoms. The van der Waals surface area contributed by atoms with Crippen LogP contribution >= 0.6 is 27.7 Å². The zero-order valence-corrected chi connectivity index (χ0v) is 11.1. The van der Waals surface area contributed by atoms with Crippen molar-refractivity contribution >= 4 is 33.6 Å². The summed E-state index contributed by atoms with van der Waals surface area (Å²) in [6, 6.07) is 6.55. The van der Waals surface area contributed by atoms with Crippen LogP contribution in [0.5, 0.6) is 0 Å². The van der Waals surface area contributed by atoms with Gasteiger partial charge in [-0.2, -0.15) is 8.78 Å². The van der Waals surface area contributed by atoms with Crippen LogP contribution < -0.4 is 0 Å². The Hall–Kier alpha value is -0.620. The van der Waals surface area contributed by atoms with Crippen molar-refractivity contribution in [2.24, 2.45) is 0 Å². The first-order valence-corrected chi connectivity index (χ1v) is 5.98. The zero-order valence-electron chi connectivity index (χ0n) is 8.71. The van der Waals surface area contributed by atoms with E-state index in [1.165, 1.54) is 20.2 Å². The number of alkyl halides is 2. The van der Waals surface area contributed by atoms with Crippen molar-refractivity contribution in [2.45, 2.75) is 10.2 Å². The zero-order chi connectivity index (χ0) is 12.3. The average molecular weight is 310 g/mol. The molecule has 0 fully saturated rings. The molecule has 0 bridgehead atoms. The fraction of sp³-hybridized carbons (Fsp3) is 0.300. The third kappa shape index (κ3) is 3.18. The maximum Gasteiger partial charge on any atom is 0.375 e. The van der Waals surface area contributed by atoms with Gasteiger partial charge in [-0.05, 0) is 39.8 Å². The topological polar surface area (TPSA) is 20.3 Å². The summed E-state index contributed by atoms with van der Waals surface area (Å²) in [7, 11) is 2.60. The molecule has 2 nitrogen and oxygen atoms in total. The second kappa shape index (κ2) is 5.14. The number of halogens is 3. The predicted molar refractivity (Wildman–Crippen MR) is 63.6 cm³/mol. The van der Waals surface area contributed by atoms with Gasteiger partial charge in [0.1, 0.15) is 0 Å². The highest BCUT2D eigenvalue weighted by atomic mass is 79.9. The van der Waals surface area contributed by atoms with E-state index < -0.39 is 11.2 Å². The van der Waals surface area contributed by atoms with Gasteiger partial charge in [0.15, 0.2) is 0 Å². The first kappa shape index (κ1) is 13.4. The molecule has 0 aliphatic rings. The summed E-state index contributed by atoms with van der Waals surface area (Å²) in [5, 5.41) is -3.45. The van der Waals surface area contributed by atoms with E-state index in [0.717, 1.165) is 4.90 Å². The largest absolute Gasteiger partial charge is 0.375 e. The lowest BCUT2D eigenvalue weighted by Crippen LogP contribution is -2.36. The lowest BCUT2D eigenvalue weighted by Gasteiger charge is -2.19. The van der Waals surface area contributed by atoms with Gasteiger partial charge in [0.2, 0.25) is 0 Å². The molecule has 0 heterocycles. The number of carbonyl (C=O) groups excluding carboxylic acids is 1. The normalized spacial score (nSPS) is 11.3. The summed E-state index contributed by atoms with van der Waals surface area (Å²) in [6.45, 7) is 0. The second-order valence-corrected chi connectivity index (χ2v) is 5.26. The molecule has 1 amide bonds. The van der Waals surface area contributed by atoms with Gasteiger partial charge in [0.05, 0.1) is 0 Å². The number of thioether (sulfide) groups is 1. The summed E-state index contributed by atoms with van der Waals surface area (Å²) in [5.74, 6) is -1.21. The molecule has 0 N–H and O–H groups in total. The molecule has 0 saturated heterocycles. The minimum Gasteiger partial charge on any atom is -0.343 e. The standard InChI is InChI=1S/C10H10BrF2NOS/c1-14(2)9(15)10(12,13)16-8-6-4-3-5-7(8)11/h3-6H,1-2H3. The van der Waals surface area contributed by atoms with Crippen LogP contribution in [0.3, 0.4) is 0 Å². The van der Waals surface area contributed by atoms with Crippen molar-refractivity contribution in [3.8, 4) is 0 Å². The third-order valence-electron chi connectivity index (χ3n) is 1.73. The molecule has 0 aliphatic carbocycles. The predicted octanol–water partition coefficient (Wildman–Crippen LogP) is 3.22. The Morgan fingerprint density at radius 3 is 2.44 bits per heavy atom. The maximum absolute atomic E-state index is 13.5. The Bertz CT molecular complexity index is 398. The Morgan fingerprint density at radius 1 is 1.38 bits per heavy atom. The molecule has 1 rings (SSSR count). The molecule has 0 unspecified atom stereocenters. The van der Waals surface area contributed by atoms with Crippen LogP contribution in [-0.2, 0) is 4.79 Å². The molecule has 16 heavy (non-hydrogen) atoms. The fourth-order valence-electron chi connectivity index (χ4n) is 0.970. The van der Waals surface area contributed by atoms with Crippen LogP contribution in [0.4, 0.5) is 8.78 Å². The number of benzene rings is 1. The lowest BCUT2D eigenvalue weighted by molar-refractivity contribution is -0.143. The smallest absolute Gasteiger partial charge is 0.343 e. The van der Waals surface area contributed by atoms with Gasteiger partial charge in [0.25, 0.3) is 0 Å². The van der Waals surface area contributed by atoms with Crippen LogP contribution in [0, 0.1) is 0 Å². The summed E-state index contributed by atoms with van der Waals surface area (Å²) < 4.78 is 27.5. The molecule has 0 aromatic heterocycles. The van der Waals surface area contributed by atoms with E-state index in [1.807, 2.05) is 0 Å². The van der Waals surface area contributed by atoms with Gasteiger partial charge >= 0.3 is 11.2 Å². The van der Waals surface area contributed by atoms with E-state index in [-0.39, 0.29) is 11.8 Å². The van der Waals surface area contributed by atoms with Crippen LogP contribution in [-0.4, -0.2) is 30.2 Å². The third-order valence-corrected chi connectivity index (χ3v) is 3.69. The van der Waals surface area contributed by atoms with Gasteiger partial charge in [0, 0.05) is 23.5 Å². The number of rotatable bonds is 3. The van der Waals surface area contributed by atoms with Crippen molar-refractivity contribution in [2.75, 3.05) is 14.1 Å². The van der Waals surface area contributed by atoms with E-state index in [4.69, 9.17) is 0 Å². The fourth-order valence-corrected chi connectivity index (χ4v) is 2.36. The molecule has 0 atom stereocenters. The van der Waals surface area contributed by atoms with Crippen LogP contribution in [0.15, 0.2) is 33.6 Å². The van der Waals surface area contributed by atoms with Crippen molar-refractivity contribution in [1.82, 2.24) is 4.90 Å². The Labute approximate surface area is 105 Å². The first-order chi connectivity index (χ1) is 7.34. The molecule has 1 aromatic carbocycles. The Morgan fingerprint density at radius 2 is 1.94 bits per heavy atom. The molecule has 88 valence electrons. The van der Waals surface area contributed by atoms with E-state index in [2.05, 4.69) is 15.9 Å². The Kier molecular flexibility index (Phi) is 4.32. The van der Waals surface area contributed by atoms with E-state index in [0.29, 0.717) is 9.37 Å². The van der Waals surface area contributed by atoms with Gasteiger partial charge in [-0.25, -0.2) is 0 Å². The number of nitrogens with zero attached hydrogens (tertiary/aromatic N) is 1. The summed E-state index contributed by atoms with van der Waals surface area (Å²) in [6.07, 6.45) is 0. The molecular formula is C10H10BrF2NOS. The minimum absolute atomic E-state index is 0.238. The molecular weight excluding hydrogens is 300 g/mol. The van der Waals surface area contributed by atoms with Gasteiger partial charge < -0.3 is 4.90 Å². The molecule has 0 aliphatic heterocycles. The van der Waals surface area contributed by atoms with E-state index >= 15 is 0 Å². The second-order valence-electron chi connectivity index (χ2n) is 3.25. The molecule has 1 aromatic rings. The molecule has 0 spiro atoms. The number of carbonyl (C=O) groups is 1. The van der Waals surface area contributed by atoms with E-state index in [1.54, 1.807) is 18.2 Å².